The van der Waals surface area contributed by atoms with Crippen molar-refractivity contribution in [2.75, 3.05) is 77.0 Å². The van der Waals surface area contributed by atoms with E-state index in [2.05, 4.69) is 84.1 Å². The minimum absolute atomic E-state index is 0.112. The molecule has 47 heavy (non-hydrogen) atoms. The molecule has 0 aromatic rings. The van der Waals surface area contributed by atoms with Gasteiger partial charge in [-0.15, -0.1) is 0 Å². The number of rotatable bonds is 3. The molecule has 0 bridgehead atoms. The molecule has 0 aliphatic heterocycles. The molecule has 0 fully saturated rings. The van der Waals surface area contributed by atoms with Crippen molar-refractivity contribution in [2.24, 2.45) is 37.1 Å². The summed E-state index contributed by atoms with van der Waals surface area (Å²) in [5.74, 6) is 1.79. The van der Waals surface area contributed by atoms with Crippen LogP contribution < -0.4 is 0 Å². The van der Waals surface area contributed by atoms with Crippen LogP contribution in [0.3, 0.4) is 0 Å². The van der Waals surface area contributed by atoms with Gasteiger partial charge in [0.1, 0.15) is 5.84 Å². The Hall–Kier alpha value is -2.29. The zero-order valence-corrected chi connectivity index (χ0v) is 36.3. The van der Waals surface area contributed by atoms with E-state index < -0.39 is 0 Å². The lowest BCUT2D eigenvalue weighted by Gasteiger charge is -2.27. The highest BCUT2D eigenvalue weighted by Gasteiger charge is 2.23. The Morgan fingerprint density at radius 3 is 0.936 bits per heavy atom. The van der Waals surface area contributed by atoms with Gasteiger partial charge in [0.25, 0.3) is 0 Å². The summed E-state index contributed by atoms with van der Waals surface area (Å²) in [6.45, 7) is 33.3. The summed E-state index contributed by atoms with van der Waals surface area (Å²) in [7, 11) is 18.6. The third-order valence-electron chi connectivity index (χ3n) is 6.25. The maximum absolute atomic E-state index is 11.2. The number of carbonyl (C=O) groups excluding carboxylic acids is 3. The van der Waals surface area contributed by atoms with Crippen LogP contribution in [0.1, 0.15) is 117 Å². The highest BCUT2D eigenvalue weighted by atomic mass is 16.2. The average Bonchev–Trinajstić information content (AvgIpc) is 2.80. The Morgan fingerprint density at radius 2 is 0.894 bits per heavy atom. The fraction of sp³-hybridized carbons (Fsp3) is 0.868. The van der Waals surface area contributed by atoms with Crippen LogP contribution in [-0.2, 0) is 14.4 Å². The number of hydrogen-bond donors (Lipinski definition) is 0. The SMILES string of the molecule is CN(C)C(=O)C(C)(C)C.CN(C)C(=O)CC(C)(C)C.CN(C)CC(=O)C(C)(C)C.CN=C(C)C(C)(C)C.CN=C(N(C)C)C(C)(C)C. The molecule has 0 heterocycles. The highest BCUT2D eigenvalue weighted by molar-refractivity contribution is 5.87. The maximum Gasteiger partial charge on any atom is 0.227 e. The molecule has 0 aromatic heterocycles. The van der Waals surface area contributed by atoms with E-state index in [0.29, 0.717) is 13.0 Å². The Labute approximate surface area is 294 Å². The molecule has 0 aliphatic rings. The van der Waals surface area contributed by atoms with Crippen LogP contribution >= 0.6 is 0 Å². The second-order valence-corrected chi connectivity index (χ2v) is 18.1. The molecule has 9 heteroatoms. The standard InChI is InChI=1S/C8H18N2.2C8H17NO.C7H15NO.C7H15N/c1-8(2,3)7(9-4)10(5)6;1-8(2,3)7(10)6-9(4)5;1-8(2,3)6-7(10)9(4)5;1-7(2,3)6(9)8(4)5;1-6(8-5)7(2,3)4/h1-6H3;2*6H2,1-5H3;1-5H3;1-5H3. The predicted molar refractivity (Wildman–Crippen MR) is 209 cm³/mol. The molecule has 0 aromatic carbocycles. The van der Waals surface area contributed by atoms with Gasteiger partial charge in [-0.25, -0.2) is 0 Å². The Kier molecular flexibility index (Phi) is 26.7. The summed E-state index contributed by atoms with van der Waals surface area (Å²) in [6.07, 6.45) is 0.625. The molecule has 0 radical (unpaired) electrons. The molecular formula is C38H82N6O3. The second kappa shape index (κ2) is 23.1. The number of aliphatic imine (C=N–C) groups is 2. The van der Waals surface area contributed by atoms with Gasteiger partial charge in [-0.3, -0.25) is 24.4 Å². The van der Waals surface area contributed by atoms with Gasteiger partial charge in [-0.05, 0) is 31.8 Å². The van der Waals surface area contributed by atoms with E-state index in [1.807, 2.05) is 88.7 Å². The summed E-state index contributed by atoms with van der Waals surface area (Å²) in [6, 6.07) is 0. The molecule has 0 N–H and O–H groups in total. The van der Waals surface area contributed by atoms with Crippen LogP contribution in [0.25, 0.3) is 0 Å². The van der Waals surface area contributed by atoms with Crippen molar-refractivity contribution in [2.45, 2.75) is 117 Å². The molecule has 2 amide bonds. The maximum atomic E-state index is 11.2. The number of amides is 2. The van der Waals surface area contributed by atoms with E-state index in [4.69, 9.17) is 0 Å². The van der Waals surface area contributed by atoms with E-state index in [0.717, 1.165) is 5.84 Å². The van der Waals surface area contributed by atoms with Crippen LogP contribution in [0.2, 0.25) is 0 Å². The normalized spacial score (nSPS) is 12.5. The van der Waals surface area contributed by atoms with Crippen molar-refractivity contribution in [3.63, 3.8) is 0 Å². The Bertz CT molecular complexity index is 942. The van der Waals surface area contributed by atoms with Gasteiger partial charge in [0, 0.05) is 84.8 Å². The number of likely N-dealkylation sites (N-methyl/N-ethyl adjacent to an activating group) is 1. The molecule has 0 saturated carbocycles. The van der Waals surface area contributed by atoms with Crippen molar-refractivity contribution in [3.05, 3.63) is 0 Å². The van der Waals surface area contributed by atoms with Crippen molar-refractivity contribution in [1.82, 2.24) is 19.6 Å². The van der Waals surface area contributed by atoms with E-state index in [-0.39, 0.29) is 44.7 Å². The zero-order valence-electron chi connectivity index (χ0n) is 36.3. The van der Waals surface area contributed by atoms with Gasteiger partial charge in [-0.1, -0.05) is 104 Å². The van der Waals surface area contributed by atoms with E-state index in [1.54, 1.807) is 38.0 Å². The number of amidine groups is 1. The third-order valence-corrected chi connectivity index (χ3v) is 6.25. The summed E-state index contributed by atoms with van der Waals surface area (Å²) < 4.78 is 0. The summed E-state index contributed by atoms with van der Waals surface area (Å²) >= 11 is 0. The fourth-order valence-corrected chi connectivity index (χ4v) is 3.35. The first kappa shape index (κ1) is 54.2. The fourth-order valence-electron chi connectivity index (χ4n) is 3.35. The Balaban J connectivity index is -0.000000157. The molecule has 0 atom stereocenters. The molecule has 0 spiro atoms. The van der Waals surface area contributed by atoms with Gasteiger partial charge >= 0.3 is 0 Å². The van der Waals surface area contributed by atoms with Crippen LogP contribution in [0, 0.1) is 27.1 Å². The van der Waals surface area contributed by atoms with Crippen molar-refractivity contribution < 1.29 is 14.4 Å². The summed E-state index contributed by atoms with van der Waals surface area (Å²) in [5.41, 5.74) is 1.32. The van der Waals surface area contributed by atoms with Gasteiger partial charge in [0.05, 0.1) is 6.54 Å². The smallest absolute Gasteiger partial charge is 0.227 e. The van der Waals surface area contributed by atoms with Gasteiger partial charge in [0.2, 0.25) is 11.8 Å². The van der Waals surface area contributed by atoms with Gasteiger partial charge in [-0.2, -0.15) is 0 Å². The number of nitrogens with zero attached hydrogens (tertiary/aromatic N) is 6. The lowest BCUT2D eigenvalue weighted by atomic mass is 9.91. The number of carbonyl (C=O) groups is 3. The van der Waals surface area contributed by atoms with Crippen molar-refractivity contribution >= 4 is 29.1 Å². The molecular weight excluding hydrogens is 588 g/mol. The highest BCUT2D eigenvalue weighted by Crippen LogP contribution is 2.19. The lowest BCUT2D eigenvalue weighted by molar-refractivity contribution is -0.136. The van der Waals surface area contributed by atoms with Crippen LogP contribution in [0.5, 0.6) is 0 Å². The van der Waals surface area contributed by atoms with E-state index in [1.165, 1.54) is 5.71 Å². The van der Waals surface area contributed by atoms with E-state index >= 15 is 0 Å². The minimum Gasteiger partial charge on any atom is -0.366 e. The number of hydrogen-bond acceptors (Lipinski definition) is 6. The zero-order chi connectivity index (χ0) is 39.5. The number of Topliss-reactive ketones (excluding diaryl/α,β-unsaturated/α-hetero) is 1. The van der Waals surface area contributed by atoms with Gasteiger partial charge < -0.3 is 19.6 Å². The van der Waals surface area contributed by atoms with Crippen LogP contribution in [0.4, 0.5) is 0 Å². The van der Waals surface area contributed by atoms with Crippen molar-refractivity contribution in [3.8, 4) is 0 Å². The quantitative estimate of drug-likeness (QED) is 0.229. The molecule has 282 valence electrons. The van der Waals surface area contributed by atoms with E-state index in [9.17, 15) is 14.4 Å². The van der Waals surface area contributed by atoms with Crippen LogP contribution in [-0.4, -0.2) is 126 Å². The van der Waals surface area contributed by atoms with Crippen molar-refractivity contribution in [1.29, 1.82) is 0 Å². The molecule has 0 rings (SSSR count). The summed E-state index contributed by atoms with van der Waals surface area (Å²) in [5, 5.41) is 0. The van der Waals surface area contributed by atoms with Crippen LogP contribution in [0.15, 0.2) is 9.98 Å². The molecule has 9 nitrogen and oxygen atoms in total. The first-order chi connectivity index (χ1) is 20.4. The summed E-state index contributed by atoms with van der Waals surface area (Å²) in [4.78, 5) is 48.9. The second-order valence-electron chi connectivity index (χ2n) is 18.1. The minimum atomic E-state index is -0.233. The monoisotopic (exact) mass is 671 g/mol. The average molecular weight is 671 g/mol. The molecule has 0 unspecified atom stereocenters. The third kappa shape index (κ3) is 34.9. The first-order valence-corrected chi connectivity index (χ1v) is 16.6. The molecule has 0 aliphatic carbocycles. The lowest BCUT2D eigenvalue weighted by Crippen LogP contribution is -2.33. The largest absolute Gasteiger partial charge is 0.366 e. The first-order valence-electron chi connectivity index (χ1n) is 16.6. The number of ketones is 1. The predicted octanol–water partition coefficient (Wildman–Crippen LogP) is 7.54. The topological polar surface area (TPSA) is 88.9 Å². The van der Waals surface area contributed by atoms with Gasteiger partial charge in [0.15, 0.2) is 5.78 Å². The Morgan fingerprint density at radius 1 is 0.511 bits per heavy atom. The molecule has 0 saturated heterocycles.